The van der Waals surface area contributed by atoms with Crippen molar-refractivity contribution in [2.75, 3.05) is 37.7 Å². The summed E-state index contributed by atoms with van der Waals surface area (Å²) < 4.78 is 0. The van der Waals surface area contributed by atoms with Crippen LogP contribution in [0.2, 0.25) is 0 Å². The van der Waals surface area contributed by atoms with Crippen molar-refractivity contribution in [3.05, 3.63) is 0 Å². The molecule has 17 heavy (non-hydrogen) atoms. The Bertz CT molecular complexity index is 267. The minimum Gasteiger partial charge on any atom is -0.341 e. The van der Waals surface area contributed by atoms with Crippen molar-refractivity contribution < 1.29 is 4.79 Å². The molecule has 0 aliphatic carbocycles. The van der Waals surface area contributed by atoms with Gasteiger partial charge in [0.2, 0.25) is 5.91 Å². The maximum absolute atomic E-state index is 12.8. The fourth-order valence-corrected chi connectivity index (χ4v) is 3.78. The van der Waals surface area contributed by atoms with Gasteiger partial charge in [-0.25, -0.2) is 0 Å². The van der Waals surface area contributed by atoms with Crippen LogP contribution in [0.25, 0.3) is 0 Å². The fourth-order valence-electron chi connectivity index (χ4n) is 2.90. The second-order valence-electron chi connectivity index (χ2n) is 5.50. The molecule has 4 heteroatoms. The summed E-state index contributed by atoms with van der Waals surface area (Å²) in [5.74, 6) is 3.14. The summed E-state index contributed by atoms with van der Waals surface area (Å²) in [6, 6.07) is 0. The van der Waals surface area contributed by atoms with E-state index in [1.165, 1.54) is 5.75 Å². The molecule has 98 valence electrons. The average molecular weight is 256 g/mol. The first-order valence-corrected chi connectivity index (χ1v) is 7.90. The molecule has 1 amide bonds. The Morgan fingerprint density at radius 2 is 2.18 bits per heavy atom. The van der Waals surface area contributed by atoms with Gasteiger partial charge in [-0.05, 0) is 31.1 Å². The fraction of sp³-hybridized carbons (Fsp3) is 0.923. The Balaban J connectivity index is 2.10. The molecule has 0 aromatic heterocycles. The molecule has 3 nitrogen and oxygen atoms in total. The third kappa shape index (κ3) is 2.63. The van der Waals surface area contributed by atoms with Gasteiger partial charge in [0, 0.05) is 25.4 Å². The van der Waals surface area contributed by atoms with E-state index in [2.05, 4.69) is 24.1 Å². The van der Waals surface area contributed by atoms with Crippen molar-refractivity contribution in [1.29, 1.82) is 0 Å². The maximum atomic E-state index is 12.8. The molecule has 1 atom stereocenters. The summed E-state index contributed by atoms with van der Waals surface area (Å²) in [4.78, 5) is 14.9. The standard InChI is InChI=1S/C13H24N2OS/c1-11(2)13(4-5-14-10-13)12(16)15-6-3-8-17-9-7-15/h11,14H,3-10H2,1-2H3. The molecular weight excluding hydrogens is 232 g/mol. The predicted octanol–water partition coefficient (Wildman–Crippen LogP) is 1.59. The third-order valence-electron chi connectivity index (χ3n) is 4.23. The lowest BCUT2D eigenvalue weighted by molar-refractivity contribution is -0.143. The van der Waals surface area contributed by atoms with E-state index >= 15 is 0 Å². The summed E-state index contributed by atoms with van der Waals surface area (Å²) >= 11 is 1.98. The van der Waals surface area contributed by atoms with Gasteiger partial charge in [0.25, 0.3) is 0 Å². The quantitative estimate of drug-likeness (QED) is 0.814. The van der Waals surface area contributed by atoms with Crippen molar-refractivity contribution in [1.82, 2.24) is 10.2 Å². The summed E-state index contributed by atoms with van der Waals surface area (Å²) in [6.45, 7) is 8.15. The SMILES string of the molecule is CC(C)C1(C(=O)N2CCCSCC2)CCNC1. The van der Waals surface area contributed by atoms with Gasteiger partial charge in [-0.1, -0.05) is 13.8 Å². The zero-order valence-corrected chi connectivity index (χ0v) is 11.8. The van der Waals surface area contributed by atoms with Crippen molar-refractivity contribution in [2.24, 2.45) is 11.3 Å². The number of carbonyl (C=O) groups excluding carboxylic acids is 1. The van der Waals surface area contributed by atoms with E-state index in [9.17, 15) is 4.79 Å². The normalized spacial score (nSPS) is 30.6. The first-order chi connectivity index (χ1) is 8.17. The first kappa shape index (κ1) is 13.2. The van der Waals surface area contributed by atoms with Crippen molar-refractivity contribution in [3.63, 3.8) is 0 Å². The number of amides is 1. The van der Waals surface area contributed by atoms with Crippen LogP contribution >= 0.6 is 11.8 Å². The Hall–Kier alpha value is -0.220. The molecule has 2 heterocycles. The van der Waals surface area contributed by atoms with Crippen LogP contribution in [0.4, 0.5) is 0 Å². The number of nitrogens with one attached hydrogen (secondary N) is 1. The Morgan fingerprint density at radius 1 is 1.35 bits per heavy atom. The smallest absolute Gasteiger partial charge is 0.230 e. The van der Waals surface area contributed by atoms with Crippen LogP contribution in [-0.4, -0.2) is 48.5 Å². The van der Waals surface area contributed by atoms with Crippen LogP contribution in [0.15, 0.2) is 0 Å². The number of hydrogen-bond donors (Lipinski definition) is 1. The van der Waals surface area contributed by atoms with Gasteiger partial charge in [0.05, 0.1) is 5.41 Å². The summed E-state index contributed by atoms with van der Waals surface area (Å²) in [6.07, 6.45) is 2.16. The van der Waals surface area contributed by atoms with Crippen LogP contribution in [0.5, 0.6) is 0 Å². The topological polar surface area (TPSA) is 32.3 Å². The van der Waals surface area contributed by atoms with Crippen molar-refractivity contribution >= 4 is 17.7 Å². The van der Waals surface area contributed by atoms with E-state index in [0.29, 0.717) is 11.8 Å². The zero-order chi connectivity index (χ0) is 12.3. The van der Waals surface area contributed by atoms with Gasteiger partial charge in [-0.2, -0.15) is 11.8 Å². The molecule has 0 saturated carbocycles. The Kier molecular flexibility index (Phi) is 4.36. The van der Waals surface area contributed by atoms with Gasteiger partial charge in [-0.3, -0.25) is 4.79 Å². The number of thioether (sulfide) groups is 1. The molecule has 2 saturated heterocycles. The van der Waals surface area contributed by atoms with Gasteiger partial charge >= 0.3 is 0 Å². The Morgan fingerprint density at radius 3 is 2.82 bits per heavy atom. The molecule has 0 bridgehead atoms. The Labute approximate surface area is 109 Å². The highest BCUT2D eigenvalue weighted by molar-refractivity contribution is 7.99. The number of carbonyl (C=O) groups is 1. The van der Waals surface area contributed by atoms with E-state index in [1.807, 2.05) is 11.8 Å². The molecule has 2 aliphatic heterocycles. The maximum Gasteiger partial charge on any atom is 0.230 e. The zero-order valence-electron chi connectivity index (χ0n) is 11.0. The summed E-state index contributed by atoms with van der Waals surface area (Å²) in [5.41, 5.74) is -0.130. The lowest BCUT2D eigenvalue weighted by atomic mass is 9.75. The number of rotatable bonds is 2. The minimum absolute atomic E-state index is 0.130. The van der Waals surface area contributed by atoms with Crippen LogP contribution in [-0.2, 0) is 4.79 Å². The second kappa shape index (κ2) is 5.61. The monoisotopic (exact) mass is 256 g/mol. The van der Waals surface area contributed by atoms with Gasteiger partial charge in [-0.15, -0.1) is 0 Å². The minimum atomic E-state index is -0.130. The first-order valence-electron chi connectivity index (χ1n) is 6.75. The lowest BCUT2D eigenvalue weighted by Crippen LogP contribution is -2.49. The molecule has 0 aromatic carbocycles. The van der Waals surface area contributed by atoms with Gasteiger partial charge in [0.1, 0.15) is 0 Å². The highest BCUT2D eigenvalue weighted by Crippen LogP contribution is 2.36. The molecule has 2 aliphatic rings. The second-order valence-corrected chi connectivity index (χ2v) is 6.72. The molecule has 1 unspecified atom stereocenters. The molecular formula is C13H24N2OS. The van der Waals surface area contributed by atoms with E-state index in [1.54, 1.807) is 0 Å². The average Bonchev–Trinajstić information content (AvgIpc) is 2.66. The lowest BCUT2D eigenvalue weighted by Gasteiger charge is -2.36. The van der Waals surface area contributed by atoms with E-state index < -0.39 is 0 Å². The van der Waals surface area contributed by atoms with Crippen LogP contribution in [0.1, 0.15) is 26.7 Å². The largest absolute Gasteiger partial charge is 0.341 e. The highest BCUT2D eigenvalue weighted by atomic mass is 32.2. The number of hydrogen-bond acceptors (Lipinski definition) is 3. The molecule has 2 rings (SSSR count). The molecule has 0 radical (unpaired) electrons. The van der Waals surface area contributed by atoms with E-state index in [4.69, 9.17) is 0 Å². The van der Waals surface area contributed by atoms with E-state index in [0.717, 1.165) is 44.8 Å². The predicted molar refractivity (Wildman–Crippen MR) is 73.3 cm³/mol. The third-order valence-corrected chi connectivity index (χ3v) is 5.28. The highest BCUT2D eigenvalue weighted by Gasteiger charge is 2.45. The van der Waals surface area contributed by atoms with Crippen LogP contribution in [0.3, 0.4) is 0 Å². The van der Waals surface area contributed by atoms with Gasteiger partial charge < -0.3 is 10.2 Å². The van der Waals surface area contributed by atoms with Crippen molar-refractivity contribution in [3.8, 4) is 0 Å². The summed E-state index contributed by atoms with van der Waals surface area (Å²) in [5, 5.41) is 3.38. The van der Waals surface area contributed by atoms with Crippen molar-refractivity contribution in [2.45, 2.75) is 26.7 Å². The molecule has 1 N–H and O–H groups in total. The van der Waals surface area contributed by atoms with Gasteiger partial charge in [0.15, 0.2) is 0 Å². The molecule has 2 fully saturated rings. The molecule has 0 spiro atoms. The number of nitrogens with zero attached hydrogens (tertiary/aromatic N) is 1. The van der Waals surface area contributed by atoms with Crippen LogP contribution in [0, 0.1) is 11.3 Å². The summed E-state index contributed by atoms with van der Waals surface area (Å²) in [7, 11) is 0. The van der Waals surface area contributed by atoms with Crippen LogP contribution < -0.4 is 5.32 Å². The van der Waals surface area contributed by atoms with E-state index in [-0.39, 0.29) is 5.41 Å². The molecule has 0 aromatic rings.